The van der Waals surface area contributed by atoms with Gasteiger partial charge >= 0.3 is 0 Å². The number of hydrogen-bond donors (Lipinski definition) is 2. The lowest BCUT2D eigenvalue weighted by Crippen LogP contribution is -2.43. The Morgan fingerprint density at radius 2 is 2.24 bits per heavy atom. The zero-order valence-electron chi connectivity index (χ0n) is 14.1. The van der Waals surface area contributed by atoms with Crippen LogP contribution in [0.2, 0.25) is 0 Å². The topological polar surface area (TPSA) is 91.2 Å². The predicted molar refractivity (Wildman–Crippen MR) is 94.9 cm³/mol. The van der Waals surface area contributed by atoms with Gasteiger partial charge in [-0.3, -0.25) is 4.79 Å². The molecular formula is C17H21N5O2S. The second-order valence-corrected chi connectivity index (χ2v) is 7.84. The van der Waals surface area contributed by atoms with Crippen LogP contribution in [0.5, 0.6) is 0 Å². The molecule has 0 radical (unpaired) electrons. The van der Waals surface area contributed by atoms with Gasteiger partial charge in [0.2, 0.25) is 0 Å². The number of carbonyl (C=O) groups excluding carboxylic acids is 1. The largest absolute Gasteiger partial charge is 0.391 e. The highest BCUT2D eigenvalue weighted by Gasteiger charge is 2.33. The molecule has 1 saturated heterocycles. The highest BCUT2D eigenvalue weighted by atomic mass is 32.1. The molecule has 4 rings (SSSR count). The maximum absolute atomic E-state index is 12.1. The fourth-order valence-electron chi connectivity index (χ4n) is 3.41. The number of hydrogen-bond acceptors (Lipinski definition) is 7. The number of β-amino-alcohol motifs (C(OH)–C–C–N with tert-alkyl or cyclic N) is 1. The molecule has 2 N–H and O–H groups in total. The standard InChI is InChI=1S/C17H21N5O2S/c1-10-20-15(8-25-10)17(24)21-12-4-11(5-12)14-6-16(19-9-18-14)22-3-2-13(23)7-22/h6,8-9,11-13,23H,2-5,7H2,1H3,(H,21,24). The van der Waals surface area contributed by atoms with Crippen LogP contribution in [-0.2, 0) is 0 Å². The molecule has 2 aromatic heterocycles. The maximum Gasteiger partial charge on any atom is 0.270 e. The average molecular weight is 359 g/mol. The van der Waals surface area contributed by atoms with Crippen LogP contribution in [0.25, 0.3) is 0 Å². The molecule has 1 saturated carbocycles. The summed E-state index contributed by atoms with van der Waals surface area (Å²) in [5.74, 6) is 1.13. The van der Waals surface area contributed by atoms with Crippen molar-refractivity contribution in [1.82, 2.24) is 20.3 Å². The van der Waals surface area contributed by atoms with Crippen molar-refractivity contribution >= 4 is 23.1 Å². The normalized spacial score (nSPS) is 25.7. The van der Waals surface area contributed by atoms with Crippen LogP contribution >= 0.6 is 11.3 Å². The number of amides is 1. The number of nitrogens with zero attached hydrogens (tertiary/aromatic N) is 4. The lowest BCUT2D eigenvalue weighted by molar-refractivity contribution is 0.0903. The number of aliphatic hydroxyl groups is 1. The summed E-state index contributed by atoms with van der Waals surface area (Å²) in [6.45, 7) is 3.35. The van der Waals surface area contributed by atoms with E-state index >= 15 is 0 Å². The Hall–Kier alpha value is -2.06. The summed E-state index contributed by atoms with van der Waals surface area (Å²) in [5, 5.41) is 15.4. The van der Waals surface area contributed by atoms with Gasteiger partial charge in [0.05, 0.1) is 11.1 Å². The number of nitrogens with one attached hydrogen (secondary N) is 1. The van der Waals surface area contributed by atoms with Crippen molar-refractivity contribution in [2.75, 3.05) is 18.0 Å². The first kappa shape index (κ1) is 16.4. The summed E-state index contributed by atoms with van der Waals surface area (Å²) in [7, 11) is 0. The molecule has 2 fully saturated rings. The minimum absolute atomic E-state index is 0.0952. The molecular weight excluding hydrogens is 338 g/mol. The molecule has 1 unspecified atom stereocenters. The number of aryl methyl sites for hydroxylation is 1. The van der Waals surface area contributed by atoms with E-state index in [-0.39, 0.29) is 18.1 Å². The fraction of sp³-hybridized carbons (Fsp3) is 0.529. The molecule has 1 atom stereocenters. The highest BCUT2D eigenvalue weighted by Crippen LogP contribution is 2.37. The van der Waals surface area contributed by atoms with Crippen molar-refractivity contribution in [3.63, 3.8) is 0 Å². The highest BCUT2D eigenvalue weighted by molar-refractivity contribution is 7.09. The summed E-state index contributed by atoms with van der Waals surface area (Å²) in [4.78, 5) is 27.2. The monoisotopic (exact) mass is 359 g/mol. The molecule has 2 aliphatic rings. The van der Waals surface area contributed by atoms with Crippen LogP contribution < -0.4 is 10.2 Å². The SMILES string of the molecule is Cc1nc(C(=O)NC2CC(c3cc(N4CCC(O)C4)ncn3)C2)cs1. The Morgan fingerprint density at radius 1 is 1.40 bits per heavy atom. The van der Waals surface area contributed by atoms with Crippen molar-refractivity contribution in [2.45, 2.75) is 44.2 Å². The van der Waals surface area contributed by atoms with E-state index in [9.17, 15) is 9.90 Å². The van der Waals surface area contributed by atoms with E-state index in [4.69, 9.17) is 0 Å². The molecule has 1 aliphatic heterocycles. The number of aliphatic hydroxyl groups excluding tert-OH is 1. The Morgan fingerprint density at radius 3 is 2.92 bits per heavy atom. The van der Waals surface area contributed by atoms with Crippen molar-refractivity contribution in [1.29, 1.82) is 0 Å². The van der Waals surface area contributed by atoms with Crippen LogP contribution in [0.1, 0.15) is 46.4 Å². The van der Waals surface area contributed by atoms with Crippen LogP contribution in [-0.4, -0.2) is 51.2 Å². The van der Waals surface area contributed by atoms with Crippen LogP contribution in [0.4, 0.5) is 5.82 Å². The Labute approximate surface area is 150 Å². The van der Waals surface area contributed by atoms with E-state index in [0.717, 1.165) is 42.3 Å². The third-order valence-electron chi connectivity index (χ3n) is 4.90. The first-order valence-electron chi connectivity index (χ1n) is 8.56. The van der Waals surface area contributed by atoms with Gasteiger partial charge < -0.3 is 15.3 Å². The Bertz CT molecular complexity index is 774. The van der Waals surface area contributed by atoms with E-state index in [1.807, 2.05) is 13.0 Å². The van der Waals surface area contributed by atoms with Crippen LogP contribution in [0.15, 0.2) is 17.8 Å². The van der Waals surface area contributed by atoms with E-state index in [0.29, 0.717) is 18.2 Å². The first-order chi connectivity index (χ1) is 12.1. The van der Waals surface area contributed by atoms with E-state index < -0.39 is 0 Å². The van der Waals surface area contributed by atoms with E-state index in [1.165, 1.54) is 11.3 Å². The van der Waals surface area contributed by atoms with Gasteiger partial charge in [-0.25, -0.2) is 15.0 Å². The van der Waals surface area contributed by atoms with Gasteiger partial charge in [0, 0.05) is 42.2 Å². The van der Waals surface area contributed by atoms with Crippen LogP contribution in [0, 0.1) is 6.92 Å². The zero-order chi connectivity index (χ0) is 17.4. The molecule has 1 aliphatic carbocycles. The summed E-state index contributed by atoms with van der Waals surface area (Å²) in [5.41, 5.74) is 1.52. The van der Waals surface area contributed by atoms with Gasteiger partial charge in [-0.15, -0.1) is 11.3 Å². The Balaban J connectivity index is 1.34. The molecule has 7 nitrogen and oxygen atoms in total. The van der Waals surface area contributed by atoms with Crippen LogP contribution in [0.3, 0.4) is 0 Å². The van der Waals surface area contributed by atoms with Crippen molar-refractivity contribution < 1.29 is 9.90 Å². The van der Waals surface area contributed by atoms with Gasteiger partial charge in [0.1, 0.15) is 17.8 Å². The second kappa shape index (κ2) is 6.68. The molecule has 8 heteroatoms. The zero-order valence-corrected chi connectivity index (χ0v) is 14.9. The van der Waals surface area contributed by atoms with Gasteiger partial charge in [0.15, 0.2) is 0 Å². The smallest absolute Gasteiger partial charge is 0.270 e. The van der Waals surface area contributed by atoms with Gasteiger partial charge in [-0.1, -0.05) is 0 Å². The predicted octanol–water partition coefficient (Wildman–Crippen LogP) is 1.49. The number of aromatic nitrogens is 3. The summed E-state index contributed by atoms with van der Waals surface area (Å²) in [6, 6.07) is 2.19. The van der Waals surface area contributed by atoms with E-state index in [1.54, 1.807) is 11.7 Å². The lowest BCUT2D eigenvalue weighted by Gasteiger charge is -2.35. The quantitative estimate of drug-likeness (QED) is 0.859. The van der Waals surface area contributed by atoms with E-state index in [2.05, 4.69) is 25.2 Å². The third kappa shape index (κ3) is 3.50. The summed E-state index contributed by atoms with van der Waals surface area (Å²) < 4.78 is 0. The van der Waals surface area contributed by atoms with Gasteiger partial charge in [-0.05, 0) is 26.2 Å². The number of anilines is 1. The molecule has 132 valence electrons. The fourth-order valence-corrected chi connectivity index (χ4v) is 4.00. The minimum atomic E-state index is -0.268. The molecule has 0 bridgehead atoms. The molecule has 25 heavy (non-hydrogen) atoms. The number of thiazole rings is 1. The second-order valence-electron chi connectivity index (χ2n) is 6.78. The summed E-state index contributed by atoms with van der Waals surface area (Å²) in [6.07, 6.45) is 3.88. The molecule has 2 aromatic rings. The first-order valence-corrected chi connectivity index (χ1v) is 9.44. The number of carbonyl (C=O) groups is 1. The lowest BCUT2D eigenvalue weighted by atomic mass is 9.78. The third-order valence-corrected chi connectivity index (χ3v) is 5.68. The van der Waals surface area contributed by atoms with Crippen molar-refractivity contribution in [3.8, 4) is 0 Å². The van der Waals surface area contributed by atoms with Gasteiger partial charge in [0.25, 0.3) is 5.91 Å². The average Bonchev–Trinajstić information content (AvgIpc) is 3.19. The maximum atomic E-state index is 12.1. The van der Waals surface area contributed by atoms with Gasteiger partial charge in [-0.2, -0.15) is 0 Å². The van der Waals surface area contributed by atoms with Crippen molar-refractivity contribution in [2.24, 2.45) is 0 Å². The molecule has 3 heterocycles. The molecule has 0 spiro atoms. The molecule has 0 aromatic carbocycles. The Kier molecular flexibility index (Phi) is 4.39. The summed E-state index contributed by atoms with van der Waals surface area (Å²) >= 11 is 1.49. The van der Waals surface area contributed by atoms with Crippen molar-refractivity contribution in [3.05, 3.63) is 34.2 Å². The molecule has 1 amide bonds. The minimum Gasteiger partial charge on any atom is -0.391 e. The number of rotatable bonds is 4.